The minimum atomic E-state index is -0.349. The second-order valence-corrected chi connectivity index (χ2v) is 5.53. The van der Waals surface area contributed by atoms with Gasteiger partial charge in [0.2, 0.25) is 0 Å². The van der Waals surface area contributed by atoms with Crippen molar-refractivity contribution in [3.8, 4) is 5.75 Å². The van der Waals surface area contributed by atoms with E-state index in [1.165, 1.54) is 35.4 Å². The van der Waals surface area contributed by atoms with E-state index in [1.54, 1.807) is 12.1 Å². The maximum absolute atomic E-state index is 13.5. The van der Waals surface area contributed by atoms with Crippen molar-refractivity contribution < 1.29 is 9.13 Å². The highest BCUT2D eigenvalue weighted by atomic mass is 19.1. The molecule has 2 aromatic carbocycles. The molecule has 0 saturated carbocycles. The molecule has 0 aliphatic heterocycles. The predicted octanol–water partition coefficient (Wildman–Crippen LogP) is 4.93. The molecule has 1 atom stereocenters. The molecular weight excluding hydrogens is 265 g/mol. The number of ether oxygens (including phenoxy) is 1. The Morgan fingerprint density at radius 2 is 1.67 bits per heavy atom. The molecule has 1 N–H and O–H groups in total. The fourth-order valence-electron chi connectivity index (χ4n) is 2.95. The summed E-state index contributed by atoms with van der Waals surface area (Å²) in [6.07, 6.45) is 0. The molecule has 1 unspecified atom stereocenters. The van der Waals surface area contributed by atoms with Crippen LogP contribution >= 0.6 is 0 Å². The fourth-order valence-corrected chi connectivity index (χ4v) is 2.95. The van der Waals surface area contributed by atoms with Crippen LogP contribution in [0.3, 0.4) is 0 Å². The molecule has 3 heteroatoms. The molecular formula is C18H22FNO. The van der Waals surface area contributed by atoms with Gasteiger partial charge in [0.15, 0.2) is 11.6 Å². The highest BCUT2D eigenvalue weighted by Gasteiger charge is 2.13. The molecule has 2 aromatic rings. The van der Waals surface area contributed by atoms with Crippen LogP contribution in [0.25, 0.3) is 0 Å². The van der Waals surface area contributed by atoms with Gasteiger partial charge in [0.05, 0.1) is 7.11 Å². The summed E-state index contributed by atoms with van der Waals surface area (Å²) in [6, 6.07) is 9.35. The van der Waals surface area contributed by atoms with E-state index in [1.807, 2.05) is 0 Å². The smallest absolute Gasteiger partial charge is 0.165 e. The lowest BCUT2D eigenvalue weighted by Gasteiger charge is -2.21. The lowest BCUT2D eigenvalue weighted by molar-refractivity contribution is 0.387. The number of halogens is 1. The summed E-state index contributed by atoms with van der Waals surface area (Å²) in [5.41, 5.74) is 5.93. The van der Waals surface area contributed by atoms with E-state index in [2.05, 4.69) is 45.1 Å². The van der Waals surface area contributed by atoms with Crippen LogP contribution in [0.4, 0.5) is 10.1 Å². The topological polar surface area (TPSA) is 21.3 Å². The van der Waals surface area contributed by atoms with Crippen molar-refractivity contribution in [2.24, 2.45) is 0 Å². The number of rotatable bonds is 4. The zero-order valence-electron chi connectivity index (χ0n) is 13.3. The molecule has 0 radical (unpaired) electrons. The Kier molecular flexibility index (Phi) is 4.51. The maximum Gasteiger partial charge on any atom is 0.165 e. The van der Waals surface area contributed by atoms with Crippen LogP contribution < -0.4 is 10.1 Å². The Morgan fingerprint density at radius 1 is 1.05 bits per heavy atom. The maximum atomic E-state index is 13.5. The third-order valence-electron chi connectivity index (χ3n) is 3.71. The van der Waals surface area contributed by atoms with Crippen molar-refractivity contribution in [1.29, 1.82) is 0 Å². The summed E-state index contributed by atoms with van der Waals surface area (Å²) in [4.78, 5) is 0. The third kappa shape index (κ3) is 3.35. The second kappa shape index (κ2) is 6.17. The molecule has 0 aliphatic rings. The number of methoxy groups -OCH3 is 1. The van der Waals surface area contributed by atoms with Gasteiger partial charge in [-0.25, -0.2) is 4.39 Å². The standard InChI is InChI=1S/C18H22FNO/c1-11-8-12(2)18(13(3)9-11)14(4)20-15-6-7-16(19)17(10-15)21-5/h6-10,14,20H,1-5H3. The lowest BCUT2D eigenvalue weighted by Crippen LogP contribution is -2.10. The van der Waals surface area contributed by atoms with E-state index in [4.69, 9.17) is 4.74 Å². The summed E-state index contributed by atoms with van der Waals surface area (Å²) in [7, 11) is 1.47. The summed E-state index contributed by atoms with van der Waals surface area (Å²) >= 11 is 0. The number of anilines is 1. The minimum Gasteiger partial charge on any atom is -0.494 e. The zero-order valence-corrected chi connectivity index (χ0v) is 13.3. The Morgan fingerprint density at radius 3 is 2.24 bits per heavy atom. The number of hydrogen-bond acceptors (Lipinski definition) is 2. The van der Waals surface area contributed by atoms with Crippen LogP contribution in [0.5, 0.6) is 5.75 Å². The summed E-state index contributed by atoms with van der Waals surface area (Å²) in [6.45, 7) is 8.46. The summed E-state index contributed by atoms with van der Waals surface area (Å²) in [5.74, 6) is -0.0945. The first-order chi connectivity index (χ1) is 9.92. The van der Waals surface area contributed by atoms with Gasteiger partial charge in [-0.05, 0) is 56.5 Å². The van der Waals surface area contributed by atoms with Gasteiger partial charge in [-0.1, -0.05) is 17.7 Å². The van der Waals surface area contributed by atoms with Crippen molar-refractivity contribution in [2.45, 2.75) is 33.7 Å². The molecule has 2 rings (SSSR count). The van der Waals surface area contributed by atoms with E-state index in [-0.39, 0.29) is 17.6 Å². The van der Waals surface area contributed by atoms with Crippen molar-refractivity contribution in [3.05, 3.63) is 58.4 Å². The van der Waals surface area contributed by atoms with Gasteiger partial charge in [0.1, 0.15) is 0 Å². The first-order valence-electron chi connectivity index (χ1n) is 7.10. The van der Waals surface area contributed by atoms with Crippen LogP contribution in [0.1, 0.15) is 35.2 Å². The largest absolute Gasteiger partial charge is 0.494 e. The summed E-state index contributed by atoms with van der Waals surface area (Å²) < 4.78 is 18.5. The van der Waals surface area contributed by atoms with E-state index in [9.17, 15) is 4.39 Å². The molecule has 0 heterocycles. The van der Waals surface area contributed by atoms with Crippen LogP contribution in [0.15, 0.2) is 30.3 Å². The Bertz CT molecular complexity index is 629. The molecule has 21 heavy (non-hydrogen) atoms. The van der Waals surface area contributed by atoms with Gasteiger partial charge >= 0.3 is 0 Å². The predicted molar refractivity (Wildman–Crippen MR) is 85.6 cm³/mol. The van der Waals surface area contributed by atoms with Crippen molar-refractivity contribution >= 4 is 5.69 Å². The van der Waals surface area contributed by atoms with Gasteiger partial charge in [-0.2, -0.15) is 0 Å². The molecule has 0 fully saturated rings. The van der Waals surface area contributed by atoms with Gasteiger partial charge < -0.3 is 10.1 Å². The monoisotopic (exact) mass is 287 g/mol. The highest BCUT2D eigenvalue weighted by molar-refractivity contribution is 5.52. The number of aryl methyl sites for hydroxylation is 3. The molecule has 0 aliphatic carbocycles. The molecule has 0 amide bonds. The quantitative estimate of drug-likeness (QED) is 0.860. The SMILES string of the molecule is COc1cc(NC(C)c2c(C)cc(C)cc2C)ccc1F. The number of benzene rings is 2. The molecule has 0 aromatic heterocycles. The number of nitrogens with one attached hydrogen (secondary N) is 1. The lowest BCUT2D eigenvalue weighted by atomic mass is 9.95. The average molecular weight is 287 g/mol. The van der Waals surface area contributed by atoms with Crippen LogP contribution in [0.2, 0.25) is 0 Å². The van der Waals surface area contributed by atoms with Crippen molar-refractivity contribution in [2.75, 3.05) is 12.4 Å². The van der Waals surface area contributed by atoms with Crippen molar-refractivity contribution in [3.63, 3.8) is 0 Å². The van der Waals surface area contributed by atoms with Gasteiger partial charge in [-0.3, -0.25) is 0 Å². The Balaban J connectivity index is 2.28. The van der Waals surface area contributed by atoms with E-state index >= 15 is 0 Å². The van der Waals surface area contributed by atoms with E-state index in [0.29, 0.717) is 0 Å². The minimum absolute atomic E-state index is 0.140. The first kappa shape index (κ1) is 15.4. The normalized spacial score (nSPS) is 12.1. The van der Waals surface area contributed by atoms with E-state index < -0.39 is 0 Å². The molecule has 0 saturated heterocycles. The highest BCUT2D eigenvalue weighted by Crippen LogP contribution is 2.28. The summed E-state index contributed by atoms with van der Waals surface area (Å²) in [5, 5.41) is 3.41. The number of hydrogen-bond donors (Lipinski definition) is 1. The average Bonchev–Trinajstić information content (AvgIpc) is 2.39. The van der Waals surface area contributed by atoms with Gasteiger partial charge in [-0.15, -0.1) is 0 Å². The van der Waals surface area contributed by atoms with Crippen LogP contribution in [-0.4, -0.2) is 7.11 Å². The van der Waals surface area contributed by atoms with Crippen molar-refractivity contribution in [1.82, 2.24) is 0 Å². The molecule has 2 nitrogen and oxygen atoms in total. The van der Waals surface area contributed by atoms with Gasteiger partial charge in [0.25, 0.3) is 0 Å². The molecule has 0 bridgehead atoms. The zero-order chi connectivity index (χ0) is 15.6. The molecule has 0 spiro atoms. The third-order valence-corrected chi connectivity index (χ3v) is 3.71. The second-order valence-electron chi connectivity index (χ2n) is 5.53. The van der Waals surface area contributed by atoms with Crippen LogP contribution in [0, 0.1) is 26.6 Å². The Labute approximate surface area is 126 Å². The van der Waals surface area contributed by atoms with Gasteiger partial charge in [0, 0.05) is 17.8 Å². The molecule has 112 valence electrons. The first-order valence-corrected chi connectivity index (χ1v) is 7.10. The van der Waals surface area contributed by atoms with Crippen LogP contribution in [-0.2, 0) is 0 Å². The van der Waals surface area contributed by atoms with E-state index in [0.717, 1.165) is 5.69 Å². The fraction of sp³-hybridized carbons (Fsp3) is 0.333. The Hall–Kier alpha value is -2.03.